The van der Waals surface area contributed by atoms with Crippen molar-refractivity contribution in [2.24, 2.45) is 0 Å². The molecule has 1 atom stereocenters. The Morgan fingerprint density at radius 3 is 2.62 bits per heavy atom. The molecule has 0 radical (unpaired) electrons. The lowest BCUT2D eigenvalue weighted by atomic mass is 10.2. The topological polar surface area (TPSA) is 66.5 Å². The first kappa shape index (κ1) is 15.7. The minimum absolute atomic E-state index is 0. The van der Waals surface area contributed by atoms with Crippen LogP contribution in [0.1, 0.15) is 13.8 Å². The molecular weight excluding hydrogens is 252 g/mol. The van der Waals surface area contributed by atoms with E-state index in [1.165, 1.54) is 0 Å². The standard InChI is InChI=1S/C9H18N2O3S.ClH/c1-3-15(13,14)7-9(12)11-5-4-10-6-8(11)2;/h8,10H,3-7H2,1-2H3;1H. The first-order chi connectivity index (χ1) is 6.96. The highest BCUT2D eigenvalue weighted by molar-refractivity contribution is 7.92. The monoisotopic (exact) mass is 270 g/mol. The summed E-state index contributed by atoms with van der Waals surface area (Å²) in [4.78, 5) is 13.3. The van der Waals surface area contributed by atoms with E-state index < -0.39 is 9.84 Å². The van der Waals surface area contributed by atoms with Gasteiger partial charge in [0, 0.05) is 31.4 Å². The maximum Gasteiger partial charge on any atom is 0.238 e. The van der Waals surface area contributed by atoms with E-state index >= 15 is 0 Å². The van der Waals surface area contributed by atoms with Gasteiger partial charge in [0.05, 0.1) is 0 Å². The quantitative estimate of drug-likeness (QED) is 0.762. The molecule has 1 amide bonds. The van der Waals surface area contributed by atoms with E-state index in [-0.39, 0.29) is 35.9 Å². The van der Waals surface area contributed by atoms with Gasteiger partial charge in [0.1, 0.15) is 5.75 Å². The molecule has 5 nitrogen and oxygen atoms in total. The third kappa shape index (κ3) is 4.27. The molecule has 0 aliphatic carbocycles. The minimum atomic E-state index is -3.20. The van der Waals surface area contributed by atoms with E-state index in [0.29, 0.717) is 6.54 Å². The number of sulfone groups is 1. The smallest absolute Gasteiger partial charge is 0.238 e. The summed E-state index contributed by atoms with van der Waals surface area (Å²) in [6.45, 7) is 5.55. The van der Waals surface area contributed by atoms with Gasteiger partial charge in [0.15, 0.2) is 9.84 Å². The highest BCUT2D eigenvalue weighted by Gasteiger charge is 2.26. The maximum absolute atomic E-state index is 11.7. The van der Waals surface area contributed by atoms with Crippen molar-refractivity contribution in [3.8, 4) is 0 Å². The van der Waals surface area contributed by atoms with Gasteiger partial charge in [-0.3, -0.25) is 4.79 Å². The minimum Gasteiger partial charge on any atom is -0.337 e. The van der Waals surface area contributed by atoms with Gasteiger partial charge in [-0.2, -0.15) is 0 Å². The molecule has 1 heterocycles. The number of nitrogens with one attached hydrogen (secondary N) is 1. The van der Waals surface area contributed by atoms with Gasteiger partial charge in [-0.25, -0.2) is 8.42 Å². The number of amides is 1. The van der Waals surface area contributed by atoms with Crippen molar-refractivity contribution >= 4 is 28.2 Å². The van der Waals surface area contributed by atoms with Gasteiger partial charge in [-0.15, -0.1) is 12.4 Å². The molecule has 1 saturated heterocycles. The van der Waals surface area contributed by atoms with Crippen LogP contribution in [0.4, 0.5) is 0 Å². The van der Waals surface area contributed by atoms with Crippen LogP contribution in [0.5, 0.6) is 0 Å². The van der Waals surface area contributed by atoms with Crippen molar-refractivity contribution < 1.29 is 13.2 Å². The second kappa shape index (κ2) is 6.42. The van der Waals surface area contributed by atoms with Crippen molar-refractivity contribution in [3.63, 3.8) is 0 Å². The Kier molecular flexibility index (Phi) is 6.28. The van der Waals surface area contributed by atoms with Gasteiger partial charge in [-0.1, -0.05) is 6.92 Å². The fraction of sp³-hybridized carbons (Fsp3) is 0.889. The Balaban J connectivity index is 0.00000225. The zero-order chi connectivity index (χ0) is 11.5. The summed E-state index contributed by atoms with van der Waals surface area (Å²) < 4.78 is 22.6. The van der Waals surface area contributed by atoms with E-state index in [4.69, 9.17) is 0 Å². The summed E-state index contributed by atoms with van der Waals surface area (Å²) in [6, 6.07) is 0.0818. The Morgan fingerprint density at radius 1 is 1.50 bits per heavy atom. The fourth-order valence-electron chi connectivity index (χ4n) is 1.58. The Bertz CT molecular complexity index is 332. The van der Waals surface area contributed by atoms with Crippen LogP contribution in [0.15, 0.2) is 0 Å². The van der Waals surface area contributed by atoms with Crippen LogP contribution in [0, 0.1) is 0 Å². The second-order valence-electron chi connectivity index (χ2n) is 3.82. The molecule has 0 saturated carbocycles. The molecule has 16 heavy (non-hydrogen) atoms. The molecule has 96 valence electrons. The van der Waals surface area contributed by atoms with Crippen LogP contribution in [-0.4, -0.2) is 56.4 Å². The molecule has 1 fully saturated rings. The lowest BCUT2D eigenvalue weighted by molar-refractivity contribution is -0.131. The van der Waals surface area contributed by atoms with E-state index in [1.54, 1.807) is 11.8 Å². The summed E-state index contributed by atoms with van der Waals surface area (Å²) in [7, 11) is -3.20. The van der Waals surface area contributed by atoms with E-state index in [1.807, 2.05) is 6.92 Å². The number of hydrogen-bond donors (Lipinski definition) is 1. The molecule has 1 unspecified atom stereocenters. The predicted molar refractivity (Wildman–Crippen MR) is 65.6 cm³/mol. The summed E-state index contributed by atoms with van der Waals surface area (Å²) >= 11 is 0. The highest BCUT2D eigenvalue weighted by atomic mass is 35.5. The SMILES string of the molecule is CCS(=O)(=O)CC(=O)N1CCNCC1C.Cl. The number of halogens is 1. The van der Waals surface area contributed by atoms with Crippen molar-refractivity contribution in [2.75, 3.05) is 31.1 Å². The molecule has 7 heteroatoms. The van der Waals surface area contributed by atoms with Crippen molar-refractivity contribution in [3.05, 3.63) is 0 Å². The molecule has 0 aromatic carbocycles. The normalized spacial score (nSPS) is 21.4. The van der Waals surface area contributed by atoms with Gasteiger partial charge < -0.3 is 10.2 Å². The summed E-state index contributed by atoms with van der Waals surface area (Å²) in [5.74, 6) is -0.599. The second-order valence-corrected chi connectivity index (χ2v) is 6.17. The number of nitrogens with zero attached hydrogens (tertiary/aromatic N) is 1. The third-order valence-electron chi connectivity index (χ3n) is 2.60. The van der Waals surface area contributed by atoms with Crippen molar-refractivity contribution in [1.82, 2.24) is 10.2 Å². The van der Waals surface area contributed by atoms with E-state index in [2.05, 4.69) is 5.32 Å². The zero-order valence-corrected chi connectivity index (χ0v) is 11.2. The lowest BCUT2D eigenvalue weighted by Gasteiger charge is -2.33. The summed E-state index contributed by atoms with van der Waals surface area (Å²) in [6.07, 6.45) is 0. The van der Waals surface area contributed by atoms with Gasteiger partial charge in [-0.05, 0) is 6.92 Å². The average molecular weight is 271 g/mol. The fourth-order valence-corrected chi connectivity index (χ4v) is 2.33. The van der Waals surface area contributed by atoms with Crippen molar-refractivity contribution in [1.29, 1.82) is 0 Å². The zero-order valence-electron chi connectivity index (χ0n) is 9.60. The largest absolute Gasteiger partial charge is 0.337 e. The Labute approximate surface area is 103 Å². The van der Waals surface area contributed by atoms with E-state index in [0.717, 1.165) is 13.1 Å². The van der Waals surface area contributed by atoms with Crippen LogP contribution >= 0.6 is 12.4 Å². The predicted octanol–water partition coefficient (Wildman–Crippen LogP) is -0.337. The molecule has 0 aromatic rings. The number of rotatable bonds is 3. The molecular formula is C9H19ClN2O3S. The number of piperazine rings is 1. The van der Waals surface area contributed by atoms with Crippen molar-refractivity contribution in [2.45, 2.75) is 19.9 Å². The van der Waals surface area contributed by atoms with Gasteiger partial charge in [0.25, 0.3) is 0 Å². The first-order valence-electron chi connectivity index (χ1n) is 5.17. The number of carbonyl (C=O) groups excluding carboxylic acids is 1. The molecule has 0 bridgehead atoms. The molecule has 1 aliphatic heterocycles. The molecule has 1 N–H and O–H groups in total. The molecule has 0 spiro atoms. The summed E-state index contributed by atoms with van der Waals surface area (Å²) in [5, 5.41) is 3.15. The Hall–Kier alpha value is -0.330. The van der Waals surface area contributed by atoms with Crippen LogP contribution < -0.4 is 5.32 Å². The van der Waals surface area contributed by atoms with E-state index in [9.17, 15) is 13.2 Å². The number of hydrogen-bond acceptors (Lipinski definition) is 4. The number of carbonyl (C=O) groups is 1. The lowest BCUT2D eigenvalue weighted by Crippen LogP contribution is -2.53. The maximum atomic E-state index is 11.7. The van der Waals surface area contributed by atoms with Crippen LogP contribution in [-0.2, 0) is 14.6 Å². The third-order valence-corrected chi connectivity index (χ3v) is 4.17. The highest BCUT2D eigenvalue weighted by Crippen LogP contribution is 2.04. The van der Waals surface area contributed by atoms with Crippen LogP contribution in [0.25, 0.3) is 0 Å². The molecule has 1 rings (SSSR count). The Morgan fingerprint density at radius 2 is 2.12 bits per heavy atom. The molecule has 0 aromatic heterocycles. The first-order valence-corrected chi connectivity index (χ1v) is 6.99. The van der Waals surface area contributed by atoms with Crippen LogP contribution in [0.2, 0.25) is 0 Å². The van der Waals surface area contributed by atoms with Gasteiger partial charge >= 0.3 is 0 Å². The van der Waals surface area contributed by atoms with Crippen LogP contribution in [0.3, 0.4) is 0 Å². The molecule has 1 aliphatic rings. The summed E-state index contributed by atoms with van der Waals surface area (Å²) in [5.41, 5.74) is 0. The average Bonchev–Trinajstić information content (AvgIpc) is 2.17. The van der Waals surface area contributed by atoms with Gasteiger partial charge in [0.2, 0.25) is 5.91 Å².